The largest absolute Gasteiger partial charge is 0.508 e. The van der Waals surface area contributed by atoms with Gasteiger partial charge in [0.05, 0.1) is 18.6 Å². The first-order valence-electron chi connectivity index (χ1n) is 6.55. The van der Waals surface area contributed by atoms with Crippen molar-refractivity contribution in [3.05, 3.63) is 29.8 Å². The zero-order chi connectivity index (χ0) is 13.8. The standard InChI is InChI=1S/C14H20N2O3/c1-2-19-12-8-10(15)14(12)16-13(18)7-9-5-3-4-6-11(9)17/h3-6,10,12,14,17H,2,7-8,15H2,1H3,(H,16,18). The minimum atomic E-state index is -0.147. The number of amides is 1. The topological polar surface area (TPSA) is 84.6 Å². The predicted molar refractivity (Wildman–Crippen MR) is 71.7 cm³/mol. The number of phenols is 1. The number of hydrogen-bond donors (Lipinski definition) is 3. The lowest BCUT2D eigenvalue weighted by molar-refractivity contribution is -0.125. The molecule has 0 aliphatic heterocycles. The number of nitrogens with one attached hydrogen (secondary N) is 1. The van der Waals surface area contributed by atoms with Crippen LogP contribution in [0, 0.1) is 0 Å². The molecule has 104 valence electrons. The van der Waals surface area contributed by atoms with Crippen molar-refractivity contribution in [3.8, 4) is 5.75 Å². The number of phenolic OH excluding ortho intramolecular Hbond substituents is 1. The smallest absolute Gasteiger partial charge is 0.224 e. The first-order valence-corrected chi connectivity index (χ1v) is 6.55. The van der Waals surface area contributed by atoms with Crippen LogP contribution in [0.25, 0.3) is 0 Å². The molecule has 1 aromatic carbocycles. The number of rotatable bonds is 5. The molecule has 1 saturated carbocycles. The first kappa shape index (κ1) is 13.8. The molecule has 0 saturated heterocycles. The lowest BCUT2D eigenvalue weighted by Gasteiger charge is -2.42. The average Bonchev–Trinajstić information content (AvgIpc) is 2.39. The molecule has 0 bridgehead atoms. The van der Waals surface area contributed by atoms with Crippen LogP contribution in [0.3, 0.4) is 0 Å². The van der Waals surface area contributed by atoms with Crippen LogP contribution in [-0.2, 0) is 16.0 Å². The number of benzene rings is 1. The van der Waals surface area contributed by atoms with Crippen LogP contribution in [-0.4, -0.2) is 35.8 Å². The second-order valence-corrected chi connectivity index (χ2v) is 4.79. The molecule has 5 heteroatoms. The Labute approximate surface area is 112 Å². The molecule has 4 N–H and O–H groups in total. The molecule has 2 rings (SSSR count). The molecule has 1 aliphatic rings. The van der Waals surface area contributed by atoms with E-state index in [1.807, 2.05) is 6.92 Å². The Hall–Kier alpha value is -1.59. The highest BCUT2D eigenvalue weighted by molar-refractivity contribution is 5.79. The monoisotopic (exact) mass is 264 g/mol. The van der Waals surface area contributed by atoms with Crippen LogP contribution in [0.1, 0.15) is 18.9 Å². The maximum absolute atomic E-state index is 11.9. The summed E-state index contributed by atoms with van der Waals surface area (Å²) in [6.45, 7) is 2.54. The maximum atomic E-state index is 11.9. The molecule has 3 atom stereocenters. The summed E-state index contributed by atoms with van der Waals surface area (Å²) in [5.41, 5.74) is 6.48. The van der Waals surface area contributed by atoms with Gasteiger partial charge in [0.15, 0.2) is 0 Å². The number of hydrogen-bond acceptors (Lipinski definition) is 4. The van der Waals surface area contributed by atoms with Crippen molar-refractivity contribution in [2.45, 2.75) is 38.0 Å². The van der Waals surface area contributed by atoms with Gasteiger partial charge in [-0.25, -0.2) is 0 Å². The van der Waals surface area contributed by atoms with Gasteiger partial charge in [-0.2, -0.15) is 0 Å². The fourth-order valence-corrected chi connectivity index (χ4v) is 2.30. The van der Waals surface area contributed by atoms with Gasteiger partial charge in [-0.1, -0.05) is 18.2 Å². The van der Waals surface area contributed by atoms with E-state index >= 15 is 0 Å². The van der Waals surface area contributed by atoms with Crippen molar-refractivity contribution in [1.82, 2.24) is 5.32 Å². The van der Waals surface area contributed by atoms with E-state index in [2.05, 4.69) is 5.32 Å². The zero-order valence-corrected chi connectivity index (χ0v) is 11.0. The summed E-state index contributed by atoms with van der Waals surface area (Å²) in [4.78, 5) is 11.9. The van der Waals surface area contributed by atoms with E-state index in [4.69, 9.17) is 10.5 Å². The lowest BCUT2D eigenvalue weighted by Crippen LogP contribution is -2.64. The summed E-state index contributed by atoms with van der Waals surface area (Å²) < 4.78 is 5.49. The Kier molecular flexibility index (Phi) is 4.39. The molecule has 1 aromatic rings. The molecule has 1 aliphatic carbocycles. The number of aromatic hydroxyl groups is 1. The van der Waals surface area contributed by atoms with Crippen molar-refractivity contribution in [1.29, 1.82) is 0 Å². The molecule has 1 fully saturated rings. The van der Waals surface area contributed by atoms with Gasteiger partial charge in [0.2, 0.25) is 5.91 Å². The van der Waals surface area contributed by atoms with Gasteiger partial charge in [-0.3, -0.25) is 4.79 Å². The van der Waals surface area contributed by atoms with E-state index in [9.17, 15) is 9.90 Å². The van der Waals surface area contributed by atoms with Crippen LogP contribution in [0.5, 0.6) is 5.75 Å². The quantitative estimate of drug-likeness (QED) is 0.725. The third-order valence-electron chi connectivity index (χ3n) is 3.42. The van der Waals surface area contributed by atoms with E-state index in [1.54, 1.807) is 24.3 Å². The number of para-hydroxylation sites is 1. The third kappa shape index (κ3) is 3.24. The van der Waals surface area contributed by atoms with Gasteiger partial charge in [0, 0.05) is 18.2 Å². The number of ether oxygens (including phenoxy) is 1. The predicted octanol–water partition coefficient (Wildman–Crippen LogP) is 0.556. The second-order valence-electron chi connectivity index (χ2n) is 4.79. The van der Waals surface area contributed by atoms with Crippen LogP contribution in [0.4, 0.5) is 0 Å². The molecular weight excluding hydrogens is 244 g/mol. The first-order chi connectivity index (χ1) is 9.11. The summed E-state index contributed by atoms with van der Waals surface area (Å²) in [5.74, 6) is -0.0109. The minimum Gasteiger partial charge on any atom is -0.508 e. The van der Waals surface area contributed by atoms with Crippen molar-refractivity contribution in [3.63, 3.8) is 0 Å². The summed E-state index contributed by atoms with van der Waals surface area (Å²) >= 11 is 0. The molecule has 0 aromatic heterocycles. The normalized spacial score (nSPS) is 25.7. The molecule has 5 nitrogen and oxygen atoms in total. The van der Waals surface area contributed by atoms with Crippen LogP contribution >= 0.6 is 0 Å². The van der Waals surface area contributed by atoms with Gasteiger partial charge in [0.1, 0.15) is 5.75 Å². The van der Waals surface area contributed by atoms with Crippen molar-refractivity contribution < 1.29 is 14.6 Å². The van der Waals surface area contributed by atoms with E-state index in [1.165, 1.54) is 0 Å². The molecule has 0 spiro atoms. The molecule has 0 heterocycles. The fraction of sp³-hybridized carbons (Fsp3) is 0.500. The number of carbonyl (C=O) groups excluding carboxylic acids is 1. The van der Waals surface area contributed by atoms with E-state index in [0.29, 0.717) is 12.2 Å². The lowest BCUT2D eigenvalue weighted by atomic mass is 9.83. The summed E-state index contributed by atoms with van der Waals surface area (Å²) in [7, 11) is 0. The second kappa shape index (κ2) is 6.04. The van der Waals surface area contributed by atoms with Crippen LogP contribution in [0.2, 0.25) is 0 Å². The van der Waals surface area contributed by atoms with Gasteiger partial charge in [-0.15, -0.1) is 0 Å². The van der Waals surface area contributed by atoms with Gasteiger partial charge in [0.25, 0.3) is 0 Å². The molecule has 3 unspecified atom stereocenters. The van der Waals surface area contributed by atoms with Crippen LogP contribution in [0.15, 0.2) is 24.3 Å². The number of nitrogens with two attached hydrogens (primary N) is 1. The van der Waals surface area contributed by atoms with Crippen molar-refractivity contribution >= 4 is 5.91 Å². The Bertz CT molecular complexity index is 448. The third-order valence-corrected chi connectivity index (χ3v) is 3.42. The summed E-state index contributed by atoms with van der Waals surface area (Å²) in [6, 6.07) is 6.64. The fourth-order valence-electron chi connectivity index (χ4n) is 2.30. The summed E-state index contributed by atoms with van der Waals surface area (Å²) in [5, 5.41) is 12.5. The Morgan fingerprint density at radius 1 is 1.53 bits per heavy atom. The molecule has 0 radical (unpaired) electrons. The highest BCUT2D eigenvalue weighted by atomic mass is 16.5. The van der Waals surface area contributed by atoms with Gasteiger partial charge >= 0.3 is 0 Å². The highest BCUT2D eigenvalue weighted by Gasteiger charge is 2.40. The molecular formula is C14H20N2O3. The SMILES string of the molecule is CCOC1CC(N)C1NC(=O)Cc1ccccc1O. The minimum absolute atomic E-state index is 0.00770. The summed E-state index contributed by atoms with van der Waals surface area (Å²) in [6.07, 6.45) is 0.928. The van der Waals surface area contributed by atoms with Crippen LogP contribution < -0.4 is 11.1 Å². The van der Waals surface area contributed by atoms with E-state index in [0.717, 1.165) is 6.42 Å². The zero-order valence-electron chi connectivity index (χ0n) is 11.0. The van der Waals surface area contributed by atoms with Gasteiger partial charge < -0.3 is 20.9 Å². The van der Waals surface area contributed by atoms with E-state index in [-0.39, 0.29) is 36.3 Å². The van der Waals surface area contributed by atoms with Crippen molar-refractivity contribution in [2.24, 2.45) is 5.73 Å². The average molecular weight is 264 g/mol. The van der Waals surface area contributed by atoms with Crippen molar-refractivity contribution in [2.75, 3.05) is 6.61 Å². The Morgan fingerprint density at radius 2 is 2.26 bits per heavy atom. The number of carbonyl (C=O) groups is 1. The molecule has 19 heavy (non-hydrogen) atoms. The van der Waals surface area contributed by atoms with Gasteiger partial charge in [-0.05, 0) is 19.4 Å². The Balaban J connectivity index is 1.89. The molecule has 1 amide bonds. The maximum Gasteiger partial charge on any atom is 0.224 e. The Morgan fingerprint density at radius 3 is 2.89 bits per heavy atom. The van der Waals surface area contributed by atoms with E-state index < -0.39 is 0 Å². The highest BCUT2D eigenvalue weighted by Crippen LogP contribution is 2.23.